The molecule has 0 aromatic rings. The van der Waals surface area contributed by atoms with E-state index in [0.717, 1.165) is 12.8 Å². The second-order valence-corrected chi connectivity index (χ2v) is 5.43. The second kappa shape index (κ2) is 3.27. The number of Topliss-reactive ketones (excluding diaryl/α,β-unsaturated/α-hetero) is 1. The van der Waals surface area contributed by atoms with Crippen molar-refractivity contribution in [2.75, 3.05) is 0 Å². The fourth-order valence-electron chi connectivity index (χ4n) is 2.90. The maximum atomic E-state index is 11.7. The van der Waals surface area contributed by atoms with Crippen LogP contribution in [0.3, 0.4) is 0 Å². The lowest BCUT2D eigenvalue weighted by molar-refractivity contribution is -0.140. The van der Waals surface area contributed by atoms with E-state index in [-0.39, 0.29) is 0 Å². The summed E-state index contributed by atoms with van der Waals surface area (Å²) in [7, 11) is 0. The number of carbonyl (C=O) groups is 1. The molecule has 13 heavy (non-hydrogen) atoms. The van der Waals surface area contributed by atoms with Gasteiger partial charge < -0.3 is 0 Å². The fraction of sp³-hybridized carbons (Fsp3) is 0.909. The molecule has 2 saturated carbocycles. The molecule has 0 saturated heterocycles. The highest BCUT2D eigenvalue weighted by atomic mass is 35.5. The Bertz CT molecular complexity index is 222. The molecule has 0 bridgehead atoms. The molecule has 0 aromatic heterocycles. The summed E-state index contributed by atoms with van der Waals surface area (Å²) < 4.78 is 0. The van der Waals surface area contributed by atoms with Gasteiger partial charge in [-0.1, -0.05) is 25.7 Å². The molecule has 0 aliphatic heterocycles. The largest absolute Gasteiger partial charge is 0.297 e. The van der Waals surface area contributed by atoms with Gasteiger partial charge in [0, 0.05) is 5.92 Å². The van der Waals surface area contributed by atoms with Crippen LogP contribution in [0.5, 0.6) is 0 Å². The number of rotatable bonds is 0. The van der Waals surface area contributed by atoms with E-state index in [2.05, 4.69) is 0 Å². The highest BCUT2D eigenvalue weighted by Gasteiger charge is 2.56. The van der Waals surface area contributed by atoms with Gasteiger partial charge in [-0.25, -0.2) is 0 Å². The van der Waals surface area contributed by atoms with Crippen LogP contribution in [0.1, 0.15) is 45.4 Å². The smallest absolute Gasteiger partial charge is 0.157 e. The zero-order valence-corrected chi connectivity index (χ0v) is 8.94. The van der Waals surface area contributed by atoms with Gasteiger partial charge in [0.1, 0.15) is 4.87 Å². The highest BCUT2D eigenvalue weighted by molar-refractivity contribution is 6.38. The van der Waals surface area contributed by atoms with Crippen LogP contribution in [0.4, 0.5) is 0 Å². The van der Waals surface area contributed by atoms with E-state index in [1.165, 1.54) is 25.7 Å². The summed E-state index contributed by atoms with van der Waals surface area (Å²) in [5.74, 6) is 1.09. The molecule has 2 aliphatic rings. The van der Waals surface area contributed by atoms with Gasteiger partial charge >= 0.3 is 0 Å². The Morgan fingerprint density at radius 2 is 1.85 bits per heavy atom. The van der Waals surface area contributed by atoms with Crippen molar-refractivity contribution in [3.05, 3.63) is 0 Å². The molecule has 0 heterocycles. The summed E-state index contributed by atoms with van der Waals surface area (Å²) in [6, 6.07) is 0. The van der Waals surface area contributed by atoms with Crippen LogP contribution in [0.15, 0.2) is 0 Å². The molecule has 0 radical (unpaired) electrons. The molecule has 0 N–H and O–H groups in total. The first-order chi connectivity index (χ1) is 6.14. The Morgan fingerprint density at radius 3 is 2.54 bits per heavy atom. The number of ketones is 1. The minimum Gasteiger partial charge on any atom is -0.297 e. The predicted molar refractivity (Wildman–Crippen MR) is 53.9 cm³/mol. The lowest BCUT2D eigenvalue weighted by atomic mass is 9.59. The molecule has 0 unspecified atom stereocenters. The van der Waals surface area contributed by atoms with Crippen molar-refractivity contribution in [2.45, 2.75) is 50.3 Å². The second-order valence-electron chi connectivity index (χ2n) is 4.64. The maximum Gasteiger partial charge on any atom is 0.157 e. The van der Waals surface area contributed by atoms with Crippen LogP contribution in [0.25, 0.3) is 0 Å². The van der Waals surface area contributed by atoms with Gasteiger partial charge in [-0.2, -0.15) is 0 Å². The molecule has 0 aromatic carbocycles. The maximum absolute atomic E-state index is 11.7. The summed E-state index contributed by atoms with van der Waals surface area (Å²) in [5.41, 5.74) is 0. The van der Waals surface area contributed by atoms with Crippen molar-refractivity contribution in [1.82, 2.24) is 0 Å². The first-order valence-corrected chi connectivity index (χ1v) is 5.75. The van der Waals surface area contributed by atoms with Crippen molar-refractivity contribution in [1.29, 1.82) is 0 Å². The third-order valence-corrected chi connectivity index (χ3v) is 4.25. The number of hydrogen-bond donors (Lipinski definition) is 0. The summed E-state index contributed by atoms with van der Waals surface area (Å²) >= 11 is 6.20. The van der Waals surface area contributed by atoms with Gasteiger partial charge in [0.15, 0.2) is 5.78 Å². The number of fused-ring (bicyclic) bond motifs is 1. The van der Waals surface area contributed by atoms with Gasteiger partial charge in [-0.05, 0) is 25.7 Å². The first kappa shape index (κ1) is 9.51. The summed E-state index contributed by atoms with van der Waals surface area (Å²) in [4.78, 5) is 11.1. The van der Waals surface area contributed by atoms with Crippen LogP contribution in [-0.2, 0) is 4.79 Å². The van der Waals surface area contributed by atoms with Crippen LogP contribution >= 0.6 is 11.6 Å². The molecule has 0 spiro atoms. The molecule has 74 valence electrons. The third-order valence-electron chi connectivity index (χ3n) is 3.78. The normalized spacial score (nSPS) is 45.8. The molecule has 3 atom stereocenters. The summed E-state index contributed by atoms with van der Waals surface area (Å²) in [6.07, 6.45) is 7.36. The topological polar surface area (TPSA) is 17.1 Å². The van der Waals surface area contributed by atoms with Crippen molar-refractivity contribution < 1.29 is 4.79 Å². The van der Waals surface area contributed by atoms with E-state index in [9.17, 15) is 4.79 Å². The van der Waals surface area contributed by atoms with Crippen LogP contribution in [0.2, 0.25) is 0 Å². The molecule has 2 heteroatoms. The van der Waals surface area contributed by atoms with E-state index >= 15 is 0 Å². The van der Waals surface area contributed by atoms with Crippen molar-refractivity contribution >= 4 is 17.4 Å². The van der Waals surface area contributed by atoms with Gasteiger partial charge in [0.25, 0.3) is 0 Å². The highest BCUT2D eigenvalue weighted by Crippen LogP contribution is 2.50. The van der Waals surface area contributed by atoms with E-state index in [4.69, 9.17) is 11.6 Å². The Balaban J connectivity index is 2.07. The minimum atomic E-state index is -0.512. The Kier molecular flexibility index (Phi) is 2.39. The Hall–Kier alpha value is -0.0400. The number of alkyl halides is 1. The number of carbonyl (C=O) groups excluding carboxylic acids is 1. The van der Waals surface area contributed by atoms with E-state index in [0.29, 0.717) is 17.6 Å². The summed E-state index contributed by atoms with van der Waals surface area (Å²) in [5, 5.41) is 0. The number of halogens is 1. The quantitative estimate of drug-likeness (QED) is 0.549. The molecule has 2 fully saturated rings. The van der Waals surface area contributed by atoms with Gasteiger partial charge in [0.05, 0.1) is 0 Å². The van der Waals surface area contributed by atoms with E-state index < -0.39 is 4.87 Å². The van der Waals surface area contributed by atoms with Crippen LogP contribution in [-0.4, -0.2) is 10.7 Å². The van der Waals surface area contributed by atoms with Gasteiger partial charge in [-0.3, -0.25) is 4.79 Å². The molecule has 2 rings (SSSR count). The average molecular weight is 201 g/mol. The van der Waals surface area contributed by atoms with Gasteiger partial charge in [0.2, 0.25) is 0 Å². The standard InChI is InChI=1S/C11H17ClO/c1-11(12)9-7-5-3-2-4-6-8(9)10(11)13/h8-9H,2-7H2,1H3/t8-,9+,11-/m0/s1. The zero-order chi connectivity index (χ0) is 9.47. The molecule has 0 amide bonds. The fourth-order valence-corrected chi connectivity index (χ4v) is 3.30. The monoisotopic (exact) mass is 200 g/mol. The first-order valence-electron chi connectivity index (χ1n) is 5.37. The molecule has 2 aliphatic carbocycles. The average Bonchev–Trinajstić information content (AvgIpc) is 2.03. The molecule has 1 nitrogen and oxygen atoms in total. The lowest BCUT2D eigenvalue weighted by Gasteiger charge is -2.48. The summed E-state index contributed by atoms with van der Waals surface area (Å²) in [6.45, 7) is 1.90. The van der Waals surface area contributed by atoms with E-state index in [1.54, 1.807) is 0 Å². The number of hydrogen-bond acceptors (Lipinski definition) is 1. The van der Waals surface area contributed by atoms with Crippen molar-refractivity contribution in [2.24, 2.45) is 11.8 Å². The Labute approximate surface area is 84.8 Å². The molecular weight excluding hydrogens is 184 g/mol. The minimum absolute atomic E-state index is 0.307. The van der Waals surface area contributed by atoms with Gasteiger partial charge in [-0.15, -0.1) is 11.6 Å². The SMILES string of the molecule is C[C@@]1(Cl)C(=O)[C@H]2CCCCCC[C@H]21. The predicted octanol–water partition coefficient (Wildman–Crippen LogP) is 3.15. The Morgan fingerprint density at radius 1 is 1.23 bits per heavy atom. The third kappa shape index (κ3) is 1.41. The molecular formula is C11H17ClO. The van der Waals surface area contributed by atoms with Crippen molar-refractivity contribution in [3.63, 3.8) is 0 Å². The lowest BCUT2D eigenvalue weighted by Crippen LogP contribution is -2.58. The van der Waals surface area contributed by atoms with Crippen LogP contribution in [0, 0.1) is 11.8 Å². The van der Waals surface area contributed by atoms with E-state index in [1.807, 2.05) is 6.92 Å². The van der Waals surface area contributed by atoms with Crippen molar-refractivity contribution in [3.8, 4) is 0 Å². The van der Waals surface area contributed by atoms with Crippen LogP contribution < -0.4 is 0 Å². The zero-order valence-electron chi connectivity index (χ0n) is 8.18.